The summed E-state index contributed by atoms with van der Waals surface area (Å²) in [5.74, 6) is 0.225. The lowest BCUT2D eigenvalue weighted by atomic mass is 9.90. The maximum Gasteiger partial charge on any atom is 0.410 e. The Kier molecular flexibility index (Phi) is 4.45. The topological polar surface area (TPSA) is 68.5 Å². The molecule has 0 bridgehead atoms. The molecule has 1 saturated heterocycles. The van der Waals surface area contributed by atoms with E-state index in [1.165, 1.54) is 0 Å². The molecule has 1 aromatic carbocycles. The summed E-state index contributed by atoms with van der Waals surface area (Å²) in [5, 5.41) is 1.09. The first-order chi connectivity index (χ1) is 11.3. The summed E-state index contributed by atoms with van der Waals surface area (Å²) in [4.78, 5) is 18.4. The standard InChI is InChI=1S/C19H25N3O2/c1-19(2,3)24-18(23)22-11-9-13(12-22)17(20)15-6-4-8-16-14(15)7-5-10-21-16/h4-8,10,13,17H,9,11-12,20H2,1-3H3. The fourth-order valence-electron chi connectivity index (χ4n) is 3.24. The van der Waals surface area contributed by atoms with Crippen molar-refractivity contribution in [3.05, 3.63) is 42.1 Å². The van der Waals surface area contributed by atoms with Crippen molar-refractivity contribution in [3.8, 4) is 0 Å². The van der Waals surface area contributed by atoms with Crippen LogP contribution in [0.25, 0.3) is 10.9 Å². The minimum Gasteiger partial charge on any atom is -0.444 e. The highest BCUT2D eigenvalue weighted by Gasteiger charge is 2.33. The Morgan fingerprint density at radius 3 is 2.88 bits per heavy atom. The van der Waals surface area contributed by atoms with E-state index < -0.39 is 5.60 Å². The maximum absolute atomic E-state index is 12.2. The van der Waals surface area contributed by atoms with E-state index in [2.05, 4.69) is 17.1 Å². The van der Waals surface area contributed by atoms with Crippen molar-refractivity contribution >= 4 is 17.0 Å². The third-order valence-corrected chi connectivity index (χ3v) is 4.42. The lowest BCUT2D eigenvalue weighted by Crippen LogP contribution is -2.36. The van der Waals surface area contributed by atoms with E-state index in [-0.39, 0.29) is 18.1 Å². The number of carbonyl (C=O) groups excluding carboxylic acids is 1. The smallest absolute Gasteiger partial charge is 0.410 e. The minimum absolute atomic E-state index is 0.120. The highest BCUT2D eigenvalue weighted by Crippen LogP contribution is 2.32. The molecule has 3 rings (SSSR count). The van der Waals surface area contributed by atoms with E-state index in [9.17, 15) is 4.79 Å². The fourth-order valence-corrected chi connectivity index (χ4v) is 3.24. The monoisotopic (exact) mass is 327 g/mol. The maximum atomic E-state index is 12.2. The quantitative estimate of drug-likeness (QED) is 0.917. The van der Waals surface area contributed by atoms with Gasteiger partial charge in [-0.15, -0.1) is 0 Å². The van der Waals surface area contributed by atoms with E-state index in [4.69, 9.17) is 10.5 Å². The van der Waals surface area contributed by atoms with Gasteiger partial charge < -0.3 is 15.4 Å². The van der Waals surface area contributed by atoms with Crippen LogP contribution >= 0.6 is 0 Å². The molecule has 0 radical (unpaired) electrons. The Hall–Kier alpha value is -2.14. The lowest BCUT2D eigenvalue weighted by molar-refractivity contribution is 0.0286. The molecule has 0 aliphatic carbocycles. The number of carbonyl (C=O) groups is 1. The van der Waals surface area contributed by atoms with Gasteiger partial charge in [0.2, 0.25) is 0 Å². The molecule has 0 spiro atoms. The number of pyridine rings is 1. The predicted molar refractivity (Wildman–Crippen MR) is 94.6 cm³/mol. The van der Waals surface area contributed by atoms with Gasteiger partial charge in [0, 0.05) is 30.7 Å². The van der Waals surface area contributed by atoms with Crippen molar-refractivity contribution in [1.29, 1.82) is 0 Å². The van der Waals surface area contributed by atoms with Crippen LogP contribution in [0.1, 0.15) is 38.8 Å². The van der Waals surface area contributed by atoms with E-state index in [1.54, 1.807) is 11.1 Å². The van der Waals surface area contributed by atoms with Crippen LogP contribution in [0, 0.1) is 5.92 Å². The summed E-state index contributed by atoms with van der Waals surface area (Å²) in [5.41, 5.74) is 8.12. The van der Waals surface area contributed by atoms with Gasteiger partial charge in [0.1, 0.15) is 5.60 Å². The van der Waals surface area contributed by atoms with Crippen molar-refractivity contribution in [2.75, 3.05) is 13.1 Å². The number of benzene rings is 1. The van der Waals surface area contributed by atoms with Gasteiger partial charge in [0.15, 0.2) is 0 Å². The molecule has 128 valence electrons. The third-order valence-electron chi connectivity index (χ3n) is 4.42. The minimum atomic E-state index is -0.474. The van der Waals surface area contributed by atoms with Crippen molar-refractivity contribution in [2.24, 2.45) is 11.7 Å². The van der Waals surface area contributed by atoms with Crippen LogP contribution in [0.2, 0.25) is 0 Å². The Labute approximate surface area is 142 Å². The average molecular weight is 327 g/mol. The van der Waals surface area contributed by atoms with E-state index in [0.717, 1.165) is 22.9 Å². The molecule has 1 aliphatic rings. The second-order valence-corrected chi connectivity index (χ2v) is 7.42. The summed E-state index contributed by atoms with van der Waals surface area (Å²) in [6, 6.07) is 9.91. The molecule has 24 heavy (non-hydrogen) atoms. The summed E-state index contributed by atoms with van der Waals surface area (Å²) in [6.45, 7) is 6.97. The Morgan fingerprint density at radius 1 is 1.33 bits per heavy atom. The van der Waals surface area contributed by atoms with Crippen molar-refractivity contribution in [3.63, 3.8) is 0 Å². The lowest BCUT2D eigenvalue weighted by Gasteiger charge is -2.25. The van der Waals surface area contributed by atoms with Gasteiger partial charge in [0.25, 0.3) is 0 Å². The van der Waals surface area contributed by atoms with Crippen LogP contribution in [-0.4, -0.2) is 34.7 Å². The molecule has 2 unspecified atom stereocenters. The number of rotatable bonds is 2. The number of hydrogen-bond donors (Lipinski definition) is 1. The zero-order valence-corrected chi connectivity index (χ0v) is 14.5. The zero-order valence-electron chi connectivity index (χ0n) is 14.5. The Morgan fingerprint density at radius 2 is 2.12 bits per heavy atom. The predicted octanol–water partition coefficient (Wildman–Crippen LogP) is 3.49. The summed E-state index contributed by atoms with van der Waals surface area (Å²) < 4.78 is 5.46. The first-order valence-corrected chi connectivity index (χ1v) is 8.42. The van der Waals surface area contributed by atoms with E-state index in [1.807, 2.05) is 39.0 Å². The summed E-state index contributed by atoms with van der Waals surface area (Å²) in [7, 11) is 0. The molecule has 2 aromatic rings. The van der Waals surface area contributed by atoms with E-state index >= 15 is 0 Å². The van der Waals surface area contributed by atoms with Crippen LogP contribution < -0.4 is 5.73 Å². The number of nitrogens with zero attached hydrogens (tertiary/aromatic N) is 2. The second-order valence-electron chi connectivity index (χ2n) is 7.42. The van der Waals surface area contributed by atoms with Gasteiger partial charge in [-0.2, -0.15) is 0 Å². The van der Waals surface area contributed by atoms with Gasteiger partial charge in [-0.05, 0) is 50.8 Å². The number of nitrogens with two attached hydrogens (primary N) is 1. The van der Waals surface area contributed by atoms with Crippen LogP contribution in [0.15, 0.2) is 36.5 Å². The van der Waals surface area contributed by atoms with Gasteiger partial charge in [-0.1, -0.05) is 18.2 Å². The molecular formula is C19H25N3O2. The van der Waals surface area contributed by atoms with Gasteiger partial charge in [-0.25, -0.2) is 4.79 Å². The zero-order chi connectivity index (χ0) is 17.3. The number of fused-ring (bicyclic) bond motifs is 1. The first kappa shape index (κ1) is 16.7. The molecule has 1 fully saturated rings. The SMILES string of the molecule is CC(C)(C)OC(=O)N1CCC(C(N)c2cccc3ncccc23)C1. The molecular weight excluding hydrogens is 302 g/mol. The van der Waals surface area contributed by atoms with E-state index in [0.29, 0.717) is 13.1 Å². The molecule has 1 amide bonds. The van der Waals surface area contributed by atoms with Crippen molar-refractivity contribution in [1.82, 2.24) is 9.88 Å². The molecule has 5 nitrogen and oxygen atoms in total. The largest absolute Gasteiger partial charge is 0.444 e. The Balaban J connectivity index is 1.74. The van der Waals surface area contributed by atoms with Gasteiger partial charge >= 0.3 is 6.09 Å². The second kappa shape index (κ2) is 6.40. The molecule has 1 aliphatic heterocycles. The fraction of sp³-hybridized carbons (Fsp3) is 0.474. The number of likely N-dealkylation sites (tertiary alicyclic amines) is 1. The molecule has 2 N–H and O–H groups in total. The average Bonchev–Trinajstić information content (AvgIpc) is 3.02. The molecule has 2 atom stereocenters. The third kappa shape index (κ3) is 3.51. The molecule has 0 saturated carbocycles. The number of ether oxygens (including phenoxy) is 1. The first-order valence-electron chi connectivity index (χ1n) is 8.42. The molecule has 5 heteroatoms. The number of amides is 1. The van der Waals surface area contributed by atoms with Crippen LogP contribution in [0.5, 0.6) is 0 Å². The van der Waals surface area contributed by atoms with Crippen molar-refractivity contribution < 1.29 is 9.53 Å². The number of aromatic nitrogens is 1. The van der Waals surface area contributed by atoms with Crippen LogP contribution in [0.3, 0.4) is 0 Å². The van der Waals surface area contributed by atoms with Gasteiger partial charge in [0.05, 0.1) is 5.52 Å². The van der Waals surface area contributed by atoms with Crippen molar-refractivity contribution in [2.45, 2.75) is 38.8 Å². The summed E-state index contributed by atoms with van der Waals surface area (Å²) in [6.07, 6.45) is 2.42. The molecule has 2 heterocycles. The molecule has 1 aromatic heterocycles. The van der Waals surface area contributed by atoms with Crippen LogP contribution in [-0.2, 0) is 4.74 Å². The normalized spacial score (nSPS) is 19.5. The number of hydrogen-bond acceptors (Lipinski definition) is 4. The highest BCUT2D eigenvalue weighted by molar-refractivity contribution is 5.82. The Bertz CT molecular complexity index is 733. The summed E-state index contributed by atoms with van der Waals surface area (Å²) >= 11 is 0. The highest BCUT2D eigenvalue weighted by atomic mass is 16.6. The van der Waals surface area contributed by atoms with Gasteiger partial charge in [-0.3, -0.25) is 4.98 Å². The van der Waals surface area contributed by atoms with Crippen LogP contribution in [0.4, 0.5) is 4.79 Å².